The maximum atomic E-state index is 6.21. The van der Waals surface area contributed by atoms with Crippen molar-refractivity contribution in [2.24, 2.45) is 0 Å². The highest BCUT2D eigenvalue weighted by molar-refractivity contribution is 6.31. The standard InChI is InChI=1S/C24H15Cl3/c25-22-7-1-4-16(13-22)19-10-20(17-5-2-8-23(26)14-17)12-21(11-19)18-6-3-9-24(27)15-18/h1-15H. The second-order valence-corrected chi connectivity index (χ2v) is 7.64. The molecule has 27 heavy (non-hydrogen) atoms. The summed E-state index contributed by atoms with van der Waals surface area (Å²) in [7, 11) is 0. The molecule has 0 nitrogen and oxygen atoms in total. The van der Waals surface area contributed by atoms with Crippen LogP contribution in [0.25, 0.3) is 33.4 Å². The summed E-state index contributed by atoms with van der Waals surface area (Å²) in [4.78, 5) is 0. The van der Waals surface area contributed by atoms with Gasteiger partial charge in [0.05, 0.1) is 0 Å². The van der Waals surface area contributed by atoms with E-state index >= 15 is 0 Å². The molecule has 0 radical (unpaired) electrons. The van der Waals surface area contributed by atoms with E-state index in [0.29, 0.717) is 15.1 Å². The van der Waals surface area contributed by atoms with Gasteiger partial charge in [-0.05, 0) is 88.0 Å². The van der Waals surface area contributed by atoms with Gasteiger partial charge in [-0.2, -0.15) is 0 Å². The van der Waals surface area contributed by atoms with E-state index in [-0.39, 0.29) is 0 Å². The number of hydrogen-bond donors (Lipinski definition) is 0. The SMILES string of the molecule is Clc1cccc(-c2cc(-c3cccc(Cl)c3)cc(-c3cccc(Cl)c3)c2)c1. The van der Waals surface area contributed by atoms with E-state index < -0.39 is 0 Å². The van der Waals surface area contributed by atoms with E-state index in [1.807, 2.05) is 54.6 Å². The Kier molecular flexibility index (Phi) is 5.22. The molecule has 4 rings (SSSR count). The summed E-state index contributed by atoms with van der Waals surface area (Å²) in [6.07, 6.45) is 0. The summed E-state index contributed by atoms with van der Waals surface area (Å²) in [5, 5.41) is 2.14. The molecular weight excluding hydrogens is 395 g/mol. The van der Waals surface area contributed by atoms with Crippen molar-refractivity contribution in [1.82, 2.24) is 0 Å². The van der Waals surface area contributed by atoms with Gasteiger partial charge < -0.3 is 0 Å². The highest BCUT2D eigenvalue weighted by Gasteiger charge is 2.08. The molecule has 4 aromatic carbocycles. The molecular formula is C24H15Cl3. The maximum Gasteiger partial charge on any atom is 0.0412 e. The van der Waals surface area contributed by atoms with Crippen molar-refractivity contribution in [3.05, 3.63) is 106 Å². The third-order valence-corrected chi connectivity index (χ3v) is 5.11. The van der Waals surface area contributed by atoms with Crippen molar-refractivity contribution in [2.45, 2.75) is 0 Å². The van der Waals surface area contributed by atoms with E-state index in [2.05, 4.69) is 36.4 Å². The Balaban J connectivity index is 1.94. The van der Waals surface area contributed by atoms with Crippen molar-refractivity contribution in [2.75, 3.05) is 0 Å². The van der Waals surface area contributed by atoms with E-state index in [0.717, 1.165) is 33.4 Å². The van der Waals surface area contributed by atoms with Gasteiger partial charge in [-0.3, -0.25) is 0 Å². The zero-order chi connectivity index (χ0) is 18.8. The van der Waals surface area contributed by atoms with Gasteiger partial charge in [-0.1, -0.05) is 71.2 Å². The second kappa shape index (κ2) is 7.78. The van der Waals surface area contributed by atoms with Gasteiger partial charge in [0.1, 0.15) is 0 Å². The molecule has 0 N–H and O–H groups in total. The lowest BCUT2D eigenvalue weighted by molar-refractivity contribution is 1.56. The van der Waals surface area contributed by atoms with Gasteiger partial charge in [0, 0.05) is 15.1 Å². The summed E-state index contributed by atoms with van der Waals surface area (Å²) in [5.41, 5.74) is 6.46. The Labute approximate surface area is 174 Å². The fourth-order valence-electron chi connectivity index (χ4n) is 3.13. The predicted molar refractivity (Wildman–Crippen MR) is 118 cm³/mol. The minimum atomic E-state index is 0.713. The third kappa shape index (κ3) is 4.20. The number of benzene rings is 4. The summed E-state index contributed by atoms with van der Waals surface area (Å²) in [6, 6.07) is 30.1. The van der Waals surface area contributed by atoms with E-state index in [9.17, 15) is 0 Å². The fourth-order valence-corrected chi connectivity index (χ4v) is 3.70. The molecule has 0 fully saturated rings. The molecule has 0 unspecified atom stereocenters. The molecule has 0 amide bonds. The van der Waals surface area contributed by atoms with Crippen molar-refractivity contribution in [3.63, 3.8) is 0 Å². The minimum Gasteiger partial charge on any atom is -0.0843 e. The number of hydrogen-bond acceptors (Lipinski definition) is 0. The lowest BCUT2D eigenvalue weighted by Crippen LogP contribution is -1.86. The molecule has 0 aromatic heterocycles. The van der Waals surface area contributed by atoms with Crippen molar-refractivity contribution >= 4 is 34.8 Å². The Bertz CT molecular complexity index is 962. The molecule has 0 aliphatic rings. The molecule has 0 saturated carbocycles. The molecule has 0 aliphatic heterocycles. The summed E-state index contributed by atoms with van der Waals surface area (Å²) in [6.45, 7) is 0. The van der Waals surface area contributed by atoms with Crippen molar-refractivity contribution in [1.29, 1.82) is 0 Å². The van der Waals surface area contributed by atoms with Crippen LogP contribution in [0.3, 0.4) is 0 Å². The fraction of sp³-hybridized carbons (Fsp3) is 0. The topological polar surface area (TPSA) is 0 Å². The van der Waals surface area contributed by atoms with Crippen LogP contribution in [0.2, 0.25) is 15.1 Å². The first-order valence-corrected chi connectivity index (χ1v) is 9.65. The van der Waals surface area contributed by atoms with E-state index in [1.54, 1.807) is 0 Å². The van der Waals surface area contributed by atoms with Crippen LogP contribution in [0.15, 0.2) is 91.0 Å². The summed E-state index contributed by atoms with van der Waals surface area (Å²) < 4.78 is 0. The minimum absolute atomic E-state index is 0.713. The van der Waals surface area contributed by atoms with Gasteiger partial charge in [0.25, 0.3) is 0 Å². The molecule has 0 spiro atoms. The van der Waals surface area contributed by atoms with Gasteiger partial charge in [-0.15, -0.1) is 0 Å². The van der Waals surface area contributed by atoms with Crippen LogP contribution in [0, 0.1) is 0 Å². The van der Waals surface area contributed by atoms with Gasteiger partial charge in [0.2, 0.25) is 0 Å². The molecule has 3 heteroatoms. The molecule has 0 saturated heterocycles. The summed E-state index contributed by atoms with van der Waals surface area (Å²) in [5.74, 6) is 0. The highest BCUT2D eigenvalue weighted by atomic mass is 35.5. The molecule has 0 heterocycles. The summed E-state index contributed by atoms with van der Waals surface area (Å²) >= 11 is 18.6. The van der Waals surface area contributed by atoms with Gasteiger partial charge in [-0.25, -0.2) is 0 Å². The predicted octanol–water partition coefficient (Wildman–Crippen LogP) is 8.65. The van der Waals surface area contributed by atoms with Crippen molar-refractivity contribution < 1.29 is 0 Å². The molecule has 0 bridgehead atoms. The zero-order valence-corrected chi connectivity index (χ0v) is 16.6. The second-order valence-electron chi connectivity index (χ2n) is 6.33. The first-order chi connectivity index (χ1) is 13.1. The Morgan fingerprint density at radius 1 is 0.333 bits per heavy atom. The zero-order valence-electron chi connectivity index (χ0n) is 14.3. The smallest absolute Gasteiger partial charge is 0.0412 e. The average molecular weight is 410 g/mol. The Morgan fingerprint density at radius 2 is 0.630 bits per heavy atom. The third-order valence-electron chi connectivity index (χ3n) is 4.41. The maximum absolute atomic E-state index is 6.21. The number of rotatable bonds is 3. The van der Waals surface area contributed by atoms with Gasteiger partial charge >= 0.3 is 0 Å². The van der Waals surface area contributed by atoms with E-state index in [1.165, 1.54) is 0 Å². The van der Waals surface area contributed by atoms with Crippen molar-refractivity contribution in [3.8, 4) is 33.4 Å². The first-order valence-electron chi connectivity index (χ1n) is 8.51. The molecule has 4 aromatic rings. The van der Waals surface area contributed by atoms with Crippen LogP contribution in [0.1, 0.15) is 0 Å². The van der Waals surface area contributed by atoms with Crippen LogP contribution >= 0.6 is 34.8 Å². The lowest BCUT2D eigenvalue weighted by atomic mass is 9.93. The monoisotopic (exact) mass is 408 g/mol. The Morgan fingerprint density at radius 3 is 0.889 bits per heavy atom. The highest BCUT2D eigenvalue weighted by Crippen LogP contribution is 2.34. The lowest BCUT2D eigenvalue weighted by Gasteiger charge is -2.12. The largest absolute Gasteiger partial charge is 0.0843 e. The van der Waals surface area contributed by atoms with Crippen LogP contribution in [0.4, 0.5) is 0 Å². The molecule has 0 aliphatic carbocycles. The average Bonchev–Trinajstić information content (AvgIpc) is 2.68. The Hall–Kier alpha value is -2.25. The first kappa shape index (κ1) is 18.1. The van der Waals surface area contributed by atoms with Crippen LogP contribution in [-0.2, 0) is 0 Å². The van der Waals surface area contributed by atoms with E-state index in [4.69, 9.17) is 34.8 Å². The molecule has 0 atom stereocenters. The molecule has 132 valence electrons. The number of halogens is 3. The van der Waals surface area contributed by atoms with Gasteiger partial charge in [0.15, 0.2) is 0 Å². The van der Waals surface area contributed by atoms with Crippen LogP contribution < -0.4 is 0 Å². The van der Waals surface area contributed by atoms with Crippen LogP contribution in [-0.4, -0.2) is 0 Å². The van der Waals surface area contributed by atoms with Crippen LogP contribution in [0.5, 0.6) is 0 Å². The normalized spacial score (nSPS) is 10.8. The quantitative estimate of drug-likeness (QED) is 0.317.